The van der Waals surface area contributed by atoms with Gasteiger partial charge < -0.3 is 19.1 Å². The molecule has 2 unspecified atom stereocenters. The summed E-state index contributed by atoms with van der Waals surface area (Å²) in [7, 11) is 3.47. The number of aromatic nitrogens is 1. The van der Waals surface area contributed by atoms with E-state index < -0.39 is 0 Å². The summed E-state index contributed by atoms with van der Waals surface area (Å²) in [6.07, 6.45) is 4.58. The normalized spacial score (nSPS) is 23.0. The van der Waals surface area contributed by atoms with Gasteiger partial charge in [-0.2, -0.15) is 0 Å². The van der Waals surface area contributed by atoms with Crippen molar-refractivity contribution in [1.82, 2.24) is 14.4 Å². The van der Waals surface area contributed by atoms with Gasteiger partial charge in [-0.1, -0.05) is 18.2 Å². The second-order valence-electron chi connectivity index (χ2n) is 7.74. The molecule has 2 amide bonds. The zero-order valence-electron chi connectivity index (χ0n) is 16.1. The topological polar surface area (TPSA) is 54.8 Å². The van der Waals surface area contributed by atoms with E-state index in [0.717, 1.165) is 32.4 Å². The molecule has 3 heterocycles. The van der Waals surface area contributed by atoms with Crippen molar-refractivity contribution < 1.29 is 14.3 Å². The van der Waals surface area contributed by atoms with Gasteiger partial charge in [-0.25, -0.2) is 4.79 Å². The fourth-order valence-electron chi connectivity index (χ4n) is 4.64. The van der Waals surface area contributed by atoms with Gasteiger partial charge in [0.2, 0.25) is 5.91 Å². The molecule has 2 aliphatic heterocycles. The Labute approximate surface area is 159 Å². The molecule has 0 saturated carbocycles. The first-order valence-electron chi connectivity index (χ1n) is 9.74. The minimum absolute atomic E-state index is 0.107. The number of aryl methyl sites for hydroxylation is 1. The van der Waals surface area contributed by atoms with Crippen LogP contribution in [-0.4, -0.2) is 59.7 Å². The number of methoxy groups -OCH3 is 1. The van der Waals surface area contributed by atoms with Gasteiger partial charge >= 0.3 is 6.09 Å². The summed E-state index contributed by atoms with van der Waals surface area (Å²) in [5.74, 6) is 0.454. The number of likely N-dealkylation sites (tertiary alicyclic amines) is 2. The van der Waals surface area contributed by atoms with Crippen LogP contribution < -0.4 is 0 Å². The average molecular weight is 369 g/mol. The third-order valence-corrected chi connectivity index (χ3v) is 6.07. The van der Waals surface area contributed by atoms with Gasteiger partial charge in [-0.3, -0.25) is 4.79 Å². The highest BCUT2D eigenvalue weighted by atomic mass is 16.5. The molecule has 0 bridgehead atoms. The van der Waals surface area contributed by atoms with Crippen LogP contribution >= 0.6 is 0 Å². The summed E-state index contributed by atoms with van der Waals surface area (Å²) in [5.41, 5.74) is 2.57. The van der Waals surface area contributed by atoms with Crippen LogP contribution in [0.1, 0.15) is 30.7 Å². The Bertz CT molecular complexity index is 859. The van der Waals surface area contributed by atoms with Crippen molar-refractivity contribution in [3.63, 3.8) is 0 Å². The van der Waals surface area contributed by atoms with Gasteiger partial charge in [0.1, 0.15) is 0 Å². The lowest BCUT2D eigenvalue weighted by Gasteiger charge is -2.33. The molecule has 2 saturated heterocycles. The zero-order valence-corrected chi connectivity index (χ0v) is 16.1. The van der Waals surface area contributed by atoms with Gasteiger partial charge in [0.15, 0.2) is 0 Å². The largest absolute Gasteiger partial charge is 0.453 e. The van der Waals surface area contributed by atoms with E-state index in [1.54, 1.807) is 4.90 Å². The highest BCUT2D eigenvalue weighted by Gasteiger charge is 2.35. The predicted octanol–water partition coefficient (Wildman–Crippen LogP) is 2.97. The molecule has 0 N–H and O–H groups in total. The first-order valence-corrected chi connectivity index (χ1v) is 9.74. The van der Waals surface area contributed by atoms with Gasteiger partial charge in [0.25, 0.3) is 0 Å². The van der Waals surface area contributed by atoms with Crippen molar-refractivity contribution >= 4 is 22.9 Å². The molecule has 144 valence electrons. The van der Waals surface area contributed by atoms with Crippen LogP contribution in [0, 0.1) is 5.92 Å². The predicted molar refractivity (Wildman–Crippen MR) is 104 cm³/mol. The second-order valence-corrected chi connectivity index (χ2v) is 7.74. The summed E-state index contributed by atoms with van der Waals surface area (Å²) in [5, 5.41) is 1.29. The van der Waals surface area contributed by atoms with Crippen LogP contribution in [0.15, 0.2) is 30.5 Å². The number of para-hydroxylation sites is 1. The van der Waals surface area contributed by atoms with E-state index in [0.29, 0.717) is 19.0 Å². The average Bonchev–Trinajstić information content (AvgIpc) is 3.32. The fraction of sp³-hybridized carbons (Fsp3) is 0.524. The molecule has 1 aromatic heterocycles. The van der Waals surface area contributed by atoms with Crippen molar-refractivity contribution in [1.29, 1.82) is 0 Å². The maximum Gasteiger partial charge on any atom is 0.409 e. The Kier molecular flexibility index (Phi) is 4.81. The van der Waals surface area contributed by atoms with Gasteiger partial charge in [-0.05, 0) is 30.9 Å². The quantitative estimate of drug-likeness (QED) is 0.818. The number of benzene rings is 1. The van der Waals surface area contributed by atoms with Gasteiger partial charge in [-0.15, -0.1) is 0 Å². The molecular weight excluding hydrogens is 342 g/mol. The Morgan fingerprint density at radius 1 is 1.07 bits per heavy atom. The Balaban J connectivity index is 1.46. The molecule has 2 aromatic rings. The second kappa shape index (κ2) is 7.25. The first-order chi connectivity index (χ1) is 13.1. The standard InChI is InChI=1S/C21H27N3O3/c1-22-14-18(17-7-3-4-8-19(17)22)15-9-11-23(12-15)20(25)16-6-5-10-24(13-16)21(26)27-2/h3-4,7-8,14-16H,5-6,9-13H2,1-2H3. The van der Waals surface area contributed by atoms with Crippen LogP contribution in [0.2, 0.25) is 0 Å². The van der Waals surface area contributed by atoms with Gasteiger partial charge in [0, 0.05) is 56.2 Å². The Morgan fingerprint density at radius 3 is 2.70 bits per heavy atom. The van der Waals surface area contributed by atoms with E-state index in [9.17, 15) is 9.59 Å². The molecule has 0 spiro atoms. The van der Waals surface area contributed by atoms with Crippen molar-refractivity contribution in [2.45, 2.75) is 25.2 Å². The minimum Gasteiger partial charge on any atom is -0.453 e. The maximum absolute atomic E-state index is 13.0. The van der Waals surface area contributed by atoms with E-state index in [1.807, 2.05) is 4.90 Å². The van der Waals surface area contributed by atoms with Crippen LogP contribution in [-0.2, 0) is 16.6 Å². The molecule has 4 rings (SSSR count). The molecule has 1 aromatic carbocycles. The summed E-state index contributed by atoms with van der Waals surface area (Å²) in [6, 6.07) is 8.45. The number of ether oxygens (including phenoxy) is 1. The Morgan fingerprint density at radius 2 is 1.89 bits per heavy atom. The summed E-state index contributed by atoms with van der Waals surface area (Å²) >= 11 is 0. The maximum atomic E-state index is 13.0. The number of hydrogen-bond acceptors (Lipinski definition) is 3. The summed E-state index contributed by atoms with van der Waals surface area (Å²) in [4.78, 5) is 28.5. The van der Waals surface area contributed by atoms with E-state index in [1.165, 1.54) is 23.6 Å². The smallest absolute Gasteiger partial charge is 0.409 e. The van der Waals surface area contributed by atoms with E-state index in [2.05, 4.69) is 42.1 Å². The molecule has 0 aliphatic carbocycles. The number of fused-ring (bicyclic) bond motifs is 1. The van der Waals surface area contributed by atoms with E-state index >= 15 is 0 Å². The van der Waals surface area contributed by atoms with Gasteiger partial charge in [0.05, 0.1) is 13.0 Å². The summed E-state index contributed by atoms with van der Waals surface area (Å²) < 4.78 is 6.99. The molecule has 27 heavy (non-hydrogen) atoms. The number of carbonyl (C=O) groups is 2. The molecule has 0 radical (unpaired) electrons. The SMILES string of the molecule is COC(=O)N1CCCC(C(=O)N2CCC(c3cn(C)c4ccccc34)C2)C1. The number of amides is 2. The van der Waals surface area contributed by atoms with Crippen molar-refractivity contribution in [2.24, 2.45) is 13.0 Å². The van der Waals surface area contributed by atoms with Crippen molar-refractivity contribution in [3.05, 3.63) is 36.0 Å². The van der Waals surface area contributed by atoms with Crippen molar-refractivity contribution in [3.8, 4) is 0 Å². The Hall–Kier alpha value is -2.50. The van der Waals surface area contributed by atoms with Crippen LogP contribution in [0.25, 0.3) is 10.9 Å². The summed E-state index contributed by atoms with van der Waals surface area (Å²) in [6.45, 7) is 2.71. The molecular formula is C21H27N3O3. The number of rotatable bonds is 2. The highest BCUT2D eigenvalue weighted by molar-refractivity contribution is 5.85. The number of carbonyl (C=O) groups excluding carboxylic acids is 2. The third kappa shape index (κ3) is 3.29. The highest BCUT2D eigenvalue weighted by Crippen LogP contribution is 2.34. The molecule has 2 fully saturated rings. The molecule has 2 aliphatic rings. The lowest BCUT2D eigenvalue weighted by molar-refractivity contribution is -0.136. The monoisotopic (exact) mass is 369 g/mol. The lowest BCUT2D eigenvalue weighted by Crippen LogP contribution is -2.46. The fourth-order valence-corrected chi connectivity index (χ4v) is 4.64. The van der Waals surface area contributed by atoms with Crippen LogP contribution in [0.3, 0.4) is 0 Å². The molecule has 2 atom stereocenters. The number of piperidine rings is 1. The number of hydrogen-bond donors (Lipinski definition) is 0. The third-order valence-electron chi connectivity index (χ3n) is 6.07. The van der Waals surface area contributed by atoms with Crippen molar-refractivity contribution in [2.75, 3.05) is 33.3 Å². The van der Waals surface area contributed by atoms with Crippen LogP contribution in [0.5, 0.6) is 0 Å². The van der Waals surface area contributed by atoms with E-state index in [4.69, 9.17) is 4.74 Å². The minimum atomic E-state index is -0.331. The number of nitrogens with zero attached hydrogens (tertiary/aromatic N) is 3. The zero-order chi connectivity index (χ0) is 19.0. The lowest BCUT2D eigenvalue weighted by atomic mass is 9.96. The van der Waals surface area contributed by atoms with E-state index in [-0.39, 0.29) is 17.9 Å². The molecule has 6 nitrogen and oxygen atoms in total. The first kappa shape index (κ1) is 17.9. The molecule has 6 heteroatoms. The van der Waals surface area contributed by atoms with Crippen LogP contribution in [0.4, 0.5) is 4.79 Å².